The van der Waals surface area contributed by atoms with E-state index in [1.54, 1.807) is 12.1 Å². The van der Waals surface area contributed by atoms with E-state index in [9.17, 15) is 9.18 Å². The Hall–Kier alpha value is -2.40. The fourth-order valence-corrected chi connectivity index (χ4v) is 5.28. The highest BCUT2D eigenvalue weighted by molar-refractivity contribution is 5.68. The zero-order valence-corrected chi connectivity index (χ0v) is 19.5. The van der Waals surface area contributed by atoms with Gasteiger partial charge in [-0.2, -0.15) is 0 Å². The summed E-state index contributed by atoms with van der Waals surface area (Å²) in [5, 5.41) is 0. The molecule has 4 rings (SSSR count). The van der Waals surface area contributed by atoms with Gasteiger partial charge in [-0.3, -0.25) is 4.90 Å². The van der Waals surface area contributed by atoms with Crippen LogP contribution in [0.5, 0.6) is 0 Å². The van der Waals surface area contributed by atoms with Crippen molar-refractivity contribution in [2.24, 2.45) is 5.41 Å². The molecule has 0 bridgehead atoms. The van der Waals surface area contributed by atoms with Gasteiger partial charge in [-0.25, -0.2) is 9.18 Å². The average Bonchev–Trinajstić information content (AvgIpc) is 2.76. The highest BCUT2D eigenvalue weighted by Crippen LogP contribution is 2.50. The van der Waals surface area contributed by atoms with Crippen molar-refractivity contribution in [3.63, 3.8) is 0 Å². The number of carbonyl (C=O) groups is 1. The molecule has 4 nitrogen and oxygen atoms in total. The van der Waals surface area contributed by atoms with E-state index in [1.165, 1.54) is 5.56 Å². The molecule has 2 aromatic rings. The first-order valence-electron chi connectivity index (χ1n) is 11.7. The summed E-state index contributed by atoms with van der Waals surface area (Å²) in [6, 6.07) is 17.5. The van der Waals surface area contributed by atoms with Crippen LogP contribution in [0.4, 0.5) is 9.18 Å². The third-order valence-electron chi connectivity index (χ3n) is 7.05. The lowest BCUT2D eigenvalue weighted by Crippen LogP contribution is -2.53. The zero-order chi connectivity index (χ0) is 22.8. The van der Waals surface area contributed by atoms with E-state index < -0.39 is 5.60 Å². The molecule has 1 amide bonds. The Balaban J connectivity index is 1.50. The van der Waals surface area contributed by atoms with Crippen LogP contribution in [-0.4, -0.2) is 47.7 Å². The van der Waals surface area contributed by atoms with E-state index in [1.807, 2.05) is 37.8 Å². The van der Waals surface area contributed by atoms with Gasteiger partial charge in [0.15, 0.2) is 0 Å². The Morgan fingerprint density at radius 2 is 1.62 bits per heavy atom. The second-order valence-corrected chi connectivity index (χ2v) is 10.4. The minimum absolute atomic E-state index is 0.129. The number of benzene rings is 2. The molecule has 2 aliphatic rings. The van der Waals surface area contributed by atoms with Gasteiger partial charge >= 0.3 is 6.09 Å². The predicted octanol–water partition coefficient (Wildman–Crippen LogP) is 5.83. The van der Waals surface area contributed by atoms with Gasteiger partial charge in [0.1, 0.15) is 11.4 Å². The Kier molecular flexibility index (Phi) is 6.57. The van der Waals surface area contributed by atoms with E-state index in [4.69, 9.17) is 4.74 Å². The van der Waals surface area contributed by atoms with Gasteiger partial charge in [-0.05, 0) is 81.8 Å². The van der Waals surface area contributed by atoms with E-state index in [0.717, 1.165) is 44.5 Å². The van der Waals surface area contributed by atoms with Crippen molar-refractivity contribution in [1.82, 2.24) is 9.80 Å². The monoisotopic (exact) mass is 438 g/mol. The van der Waals surface area contributed by atoms with Gasteiger partial charge in [0, 0.05) is 25.6 Å². The van der Waals surface area contributed by atoms with Gasteiger partial charge in [0.05, 0.1) is 0 Å². The summed E-state index contributed by atoms with van der Waals surface area (Å²) in [5.74, 6) is -0.0384. The number of likely N-dealkylation sites (tertiary alicyclic amines) is 2. The second-order valence-electron chi connectivity index (χ2n) is 10.4. The summed E-state index contributed by atoms with van der Waals surface area (Å²) < 4.78 is 19.3. The quantitative estimate of drug-likeness (QED) is 0.604. The van der Waals surface area contributed by atoms with Crippen LogP contribution < -0.4 is 0 Å². The number of hydrogen-bond acceptors (Lipinski definition) is 3. The highest BCUT2D eigenvalue weighted by atomic mass is 19.1. The summed E-state index contributed by atoms with van der Waals surface area (Å²) in [7, 11) is 0. The molecule has 1 unspecified atom stereocenters. The molecule has 2 aromatic carbocycles. The van der Waals surface area contributed by atoms with Crippen molar-refractivity contribution in [2.75, 3.05) is 26.2 Å². The third-order valence-corrected chi connectivity index (χ3v) is 7.05. The summed E-state index contributed by atoms with van der Waals surface area (Å²) in [6.45, 7) is 10.1. The summed E-state index contributed by atoms with van der Waals surface area (Å²) in [5.41, 5.74) is 2.08. The van der Waals surface area contributed by atoms with Crippen LogP contribution in [0.25, 0.3) is 0 Å². The Bertz CT molecular complexity index is 900. The number of amides is 1. The second kappa shape index (κ2) is 9.22. The highest BCUT2D eigenvalue weighted by Gasteiger charge is 2.46. The van der Waals surface area contributed by atoms with Crippen LogP contribution in [0.2, 0.25) is 0 Å². The third kappa shape index (κ3) is 5.32. The minimum atomic E-state index is -0.514. The molecule has 32 heavy (non-hydrogen) atoms. The SMILES string of the molecule is CC(C)(C)OC(=O)N1CCC2(CCN(Cc3ccccc3)CC2)C(c2ccc(F)cc2)C1. The van der Waals surface area contributed by atoms with Gasteiger partial charge in [0.2, 0.25) is 0 Å². The molecule has 2 aliphatic heterocycles. The number of carbonyl (C=O) groups excluding carboxylic acids is 1. The van der Waals surface area contributed by atoms with Crippen molar-refractivity contribution >= 4 is 6.09 Å². The van der Waals surface area contributed by atoms with Gasteiger partial charge in [-0.1, -0.05) is 42.5 Å². The summed E-state index contributed by atoms with van der Waals surface area (Å²) in [4.78, 5) is 17.2. The lowest BCUT2D eigenvalue weighted by Gasteiger charge is -2.52. The molecule has 1 atom stereocenters. The molecule has 2 heterocycles. The molecule has 0 aromatic heterocycles. The maximum atomic E-state index is 13.6. The first-order chi connectivity index (χ1) is 15.2. The number of piperidine rings is 2. The van der Waals surface area contributed by atoms with Crippen LogP contribution in [0, 0.1) is 11.2 Å². The largest absolute Gasteiger partial charge is 0.444 e. The standard InChI is InChI=1S/C27H35FN2O2/c1-26(2,3)32-25(31)30-18-15-27(24(20-30)22-9-11-23(28)12-10-22)13-16-29(17-14-27)19-21-7-5-4-6-8-21/h4-12,24H,13-20H2,1-3H3. The van der Waals surface area contributed by atoms with Crippen molar-refractivity contribution in [3.8, 4) is 0 Å². The predicted molar refractivity (Wildman–Crippen MR) is 125 cm³/mol. The number of nitrogens with zero attached hydrogens (tertiary/aromatic N) is 2. The van der Waals surface area contributed by atoms with Crippen LogP contribution >= 0.6 is 0 Å². The van der Waals surface area contributed by atoms with E-state index in [-0.39, 0.29) is 23.2 Å². The number of ether oxygens (including phenoxy) is 1. The van der Waals surface area contributed by atoms with Crippen LogP contribution in [0.15, 0.2) is 54.6 Å². The van der Waals surface area contributed by atoms with Crippen molar-refractivity contribution in [1.29, 1.82) is 0 Å². The van der Waals surface area contributed by atoms with Crippen molar-refractivity contribution in [2.45, 2.75) is 58.1 Å². The Labute approximate surface area is 191 Å². The van der Waals surface area contributed by atoms with Gasteiger partial charge in [-0.15, -0.1) is 0 Å². The molecule has 1 spiro atoms. The van der Waals surface area contributed by atoms with E-state index in [2.05, 4.69) is 35.2 Å². The number of rotatable bonds is 3. The average molecular weight is 439 g/mol. The first-order valence-corrected chi connectivity index (χ1v) is 11.7. The molecule has 2 saturated heterocycles. The lowest BCUT2D eigenvalue weighted by molar-refractivity contribution is -0.0140. The lowest BCUT2D eigenvalue weighted by atomic mass is 9.62. The first kappa shape index (κ1) is 22.8. The maximum Gasteiger partial charge on any atom is 0.410 e. The fraction of sp³-hybridized carbons (Fsp3) is 0.519. The van der Waals surface area contributed by atoms with Gasteiger partial charge in [0.25, 0.3) is 0 Å². The van der Waals surface area contributed by atoms with Crippen molar-refractivity contribution < 1.29 is 13.9 Å². The molecule has 0 N–H and O–H groups in total. The molecule has 172 valence electrons. The van der Waals surface area contributed by atoms with Crippen LogP contribution in [-0.2, 0) is 11.3 Å². The van der Waals surface area contributed by atoms with E-state index in [0.29, 0.717) is 13.1 Å². The smallest absolute Gasteiger partial charge is 0.410 e. The van der Waals surface area contributed by atoms with Gasteiger partial charge < -0.3 is 9.64 Å². The molecule has 5 heteroatoms. The normalized spacial score (nSPS) is 21.5. The molecule has 2 fully saturated rings. The molecule has 0 radical (unpaired) electrons. The van der Waals surface area contributed by atoms with E-state index >= 15 is 0 Å². The maximum absolute atomic E-state index is 13.6. The summed E-state index contributed by atoms with van der Waals surface area (Å²) in [6.07, 6.45) is 2.88. The summed E-state index contributed by atoms with van der Waals surface area (Å²) >= 11 is 0. The molecule has 0 saturated carbocycles. The molecular weight excluding hydrogens is 403 g/mol. The zero-order valence-electron chi connectivity index (χ0n) is 19.5. The van der Waals surface area contributed by atoms with Crippen LogP contribution in [0.1, 0.15) is 57.1 Å². The van der Waals surface area contributed by atoms with Crippen LogP contribution in [0.3, 0.4) is 0 Å². The Morgan fingerprint density at radius 3 is 2.25 bits per heavy atom. The van der Waals surface area contributed by atoms with Crippen molar-refractivity contribution in [3.05, 3.63) is 71.5 Å². The molecular formula is C27H35FN2O2. The number of hydrogen-bond donors (Lipinski definition) is 0. The number of halogens is 1. The fourth-order valence-electron chi connectivity index (χ4n) is 5.28. The molecule has 0 aliphatic carbocycles. The minimum Gasteiger partial charge on any atom is -0.444 e. The Morgan fingerprint density at radius 1 is 1.00 bits per heavy atom. The topological polar surface area (TPSA) is 32.8 Å².